The third-order valence-electron chi connectivity index (χ3n) is 2.48. The van der Waals surface area contributed by atoms with Crippen LogP contribution in [0.25, 0.3) is 16.6 Å². The van der Waals surface area contributed by atoms with E-state index in [1.165, 1.54) is 22.6 Å². The lowest BCUT2D eigenvalue weighted by Gasteiger charge is -2.02. The zero-order valence-electron chi connectivity index (χ0n) is 8.22. The van der Waals surface area contributed by atoms with Crippen molar-refractivity contribution in [3.63, 3.8) is 0 Å². The molecule has 0 saturated heterocycles. The number of hydrogen-bond acceptors (Lipinski definition) is 2. The molecule has 3 aromatic rings. The number of pyridine rings is 1. The molecule has 78 valence electrons. The molecule has 0 N–H and O–H groups in total. The summed E-state index contributed by atoms with van der Waals surface area (Å²) in [7, 11) is 0. The van der Waals surface area contributed by atoms with Crippen molar-refractivity contribution in [1.82, 2.24) is 9.38 Å². The number of aromatic nitrogens is 2. The Morgan fingerprint density at radius 1 is 1.19 bits per heavy atom. The van der Waals surface area contributed by atoms with Gasteiger partial charge < -0.3 is 0 Å². The second kappa shape index (κ2) is 3.13. The number of nitrogens with zero attached hydrogens (tertiary/aromatic N) is 2. The van der Waals surface area contributed by atoms with Crippen LogP contribution in [0.2, 0.25) is 0 Å². The second-order valence-electron chi connectivity index (χ2n) is 3.51. The van der Waals surface area contributed by atoms with E-state index in [0.29, 0.717) is 16.6 Å². The molecule has 2 heterocycles. The van der Waals surface area contributed by atoms with E-state index in [2.05, 4.69) is 4.98 Å². The average molecular weight is 214 g/mol. The van der Waals surface area contributed by atoms with Crippen LogP contribution in [0.4, 0.5) is 4.39 Å². The summed E-state index contributed by atoms with van der Waals surface area (Å²) in [5, 5.41) is 0.421. The van der Waals surface area contributed by atoms with Crippen molar-refractivity contribution < 1.29 is 4.39 Å². The van der Waals surface area contributed by atoms with Crippen LogP contribution < -0.4 is 5.56 Å². The molecule has 0 atom stereocenters. The molecule has 0 bridgehead atoms. The van der Waals surface area contributed by atoms with Crippen molar-refractivity contribution in [2.24, 2.45) is 0 Å². The first-order valence-corrected chi connectivity index (χ1v) is 4.82. The van der Waals surface area contributed by atoms with Gasteiger partial charge in [0.1, 0.15) is 11.5 Å². The predicted molar refractivity (Wildman–Crippen MR) is 58.9 cm³/mol. The molecule has 16 heavy (non-hydrogen) atoms. The smallest absolute Gasteiger partial charge is 0.265 e. The van der Waals surface area contributed by atoms with Gasteiger partial charge in [0.2, 0.25) is 0 Å². The minimum absolute atomic E-state index is 0.180. The Balaban J connectivity index is 2.61. The third-order valence-corrected chi connectivity index (χ3v) is 2.48. The summed E-state index contributed by atoms with van der Waals surface area (Å²) in [5.41, 5.74) is 0.724. The molecule has 0 spiro atoms. The molecular weight excluding hydrogens is 207 g/mol. The fraction of sp³-hybridized carbons (Fsp3) is 0. The molecule has 0 unspecified atom stereocenters. The maximum atomic E-state index is 13.0. The van der Waals surface area contributed by atoms with Crippen LogP contribution in [-0.4, -0.2) is 9.38 Å². The van der Waals surface area contributed by atoms with Gasteiger partial charge in [0.15, 0.2) is 0 Å². The highest BCUT2D eigenvalue weighted by molar-refractivity contribution is 5.79. The number of fused-ring (bicyclic) bond motifs is 2. The standard InChI is InChI=1S/C12H7FN2O/c13-8-4-5-9-10(7-8)14-11-3-1-2-6-15(11)12(9)16/h1-7H. The average Bonchev–Trinajstić information content (AvgIpc) is 2.29. The molecule has 1 aromatic carbocycles. The summed E-state index contributed by atoms with van der Waals surface area (Å²) >= 11 is 0. The van der Waals surface area contributed by atoms with Gasteiger partial charge in [-0.1, -0.05) is 6.07 Å². The molecule has 2 aromatic heterocycles. The van der Waals surface area contributed by atoms with Crippen molar-refractivity contribution in [3.8, 4) is 0 Å². The topological polar surface area (TPSA) is 34.4 Å². The number of hydrogen-bond donors (Lipinski definition) is 0. The Morgan fingerprint density at radius 3 is 2.94 bits per heavy atom. The maximum absolute atomic E-state index is 13.0. The number of rotatable bonds is 0. The quantitative estimate of drug-likeness (QED) is 0.536. The van der Waals surface area contributed by atoms with Crippen molar-refractivity contribution in [1.29, 1.82) is 0 Å². The van der Waals surface area contributed by atoms with E-state index >= 15 is 0 Å². The Kier molecular flexibility index (Phi) is 1.77. The van der Waals surface area contributed by atoms with Gasteiger partial charge in [0.25, 0.3) is 5.56 Å². The predicted octanol–water partition coefficient (Wildman–Crippen LogP) is 1.99. The molecule has 0 saturated carbocycles. The Morgan fingerprint density at radius 2 is 2.06 bits per heavy atom. The van der Waals surface area contributed by atoms with E-state index in [1.54, 1.807) is 24.4 Å². The van der Waals surface area contributed by atoms with E-state index in [0.717, 1.165) is 0 Å². The van der Waals surface area contributed by atoms with Crippen molar-refractivity contribution in [3.05, 3.63) is 58.8 Å². The summed E-state index contributed by atoms with van der Waals surface area (Å²) in [4.78, 5) is 16.2. The first kappa shape index (κ1) is 9.03. The minimum Gasteiger partial charge on any atom is -0.268 e. The lowest BCUT2D eigenvalue weighted by molar-refractivity contribution is 0.629. The molecule has 3 rings (SSSR count). The molecular formula is C12H7FN2O. The molecule has 0 aliphatic carbocycles. The molecule has 4 heteroatoms. The Labute approximate surface area is 89.8 Å². The maximum Gasteiger partial charge on any atom is 0.265 e. The highest BCUT2D eigenvalue weighted by Gasteiger charge is 2.04. The highest BCUT2D eigenvalue weighted by atomic mass is 19.1. The van der Waals surface area contributed by atoms with Crippen molar-refractivity contribution >= 4 is 16.6 Å². The Hall–Kier alpha value is -2.23. The van der Waals surface area contributed by atoms with Gasteiger partial charge in [0, 0.05) is 12.3 Å². The minimum atomic E-state index is -0.389. The van der Waals surface area contributed by atoms with E-state index in [-0.39, 0.29) is 11.4 Å². The normalized spacial score (nSPS) is 11.1. The summed E-state index contributed by atoms with van der Waals surface area (Å²) in [6, 6.07) is 9.24. The summed E-state index contributed by atoms with van der Waals surface area (Å²) < 4.78 is 14.5. The van der Waals surface area contributed by atoms with Crippen LogP contribution in [0.15, 0.2) is 47.4 Å². The molecule has 0 aliphatic heterocycles. The summed E-state index contributed by atoms with van der Waals surface area (Å²) in [5.74, 6) is -0.389. The molecule has 0 amide bonds. The van der Waals surface area contributed by atoms with Crippen LogP contribution in [0.5, 0.6) is 0 Å². The highest BCUT2D eigenvalue weighted by Crippen LogP contribution is 2.10. The molecule has 3 nitrogen and oxygen atoms in total. The van der Waals surface area contributed by atoms with E-state index in [1.807, 2.05) is 0 Å². The van der Waals surface area contributed by atoms with E-state index in [4.69, 9.17) is 0 Å². The van der Waals surface area contributed by atoms with E-state index in [9.17, 15) is 9.18 Å². The van der Waals surface area contributed by atoms with Crippen LogP contribution in [0, 0.1) is 5.82 Å². The molecule has 0 aliphatic rings. The molecule has 0 radical (unpaired) electrons. The van der Waals surface area contributed by atoms with Gasteiger partial charge in [-0.2, -0.15) is 0 Å². The zero-order chi connectivity index (χ0) is 11.1. The van der Waals surface area contributed by atoms with Crippen LogP contribution >= 0.6 is 0 Å². The number of benzene rings is 1. The molecule has 0 fully saturated rings. The zero-order valence-corrected chi connectivity index (χ0v) is 8.22. The SMILES string of the molecule is O=c1c2ccc(F)cc2nc2ccccn12. The fourth-order valence-electron chi connectivity index (χ4n) is 1.73. The number of halogens is 1. The lowest BCUT2D eigenvalue weighted by atomic mass is 10.2. The fourth-order valence-corrected chi connectivity index (χ4v) is 1.73. The van der Waals surface area contributed by atoms with Gasteiger partial charge in [0.05, 0.1) is 10.9 Å². The van der Waals surface area contributed by atoms with Crippen molar-refractivity contribution in [2.75, 3.05) is 0 Å². The lowest BCUT2D eigenvalue weighted by Crippen LogP contribution is -2.14. The van der Waals surface area contributed by atoms with Gasteiger partial charge in [-0.05, 0) is 24.3 Å². The van der Waals surface area contributed by atoms with Gasteiger partial charge in [-0.15, -0.1) is 0 Å². The van der Waals surface area contributed by atoms with Gasteiger partial charge in [-0.25, -0.2) is 9.37 Å². The van der Waals surface area contributed by atoms with Crippen molar-refractivity contribution in [2.45, 2.75) is 0 Å². The first-order chi connectivity index (χ1) is 7.75. The third kappa shape index (κ3) is 1.20. The summed E-state index contributed by atoms with van der Waals surface area (Å²) in [6.07, 6.45) is 1.65. The van der Waals surface area contributed by atoms with Crippen LogP contribution in [0.1, 0.15) is 0 Å². The summed E-state index contributed by atoms with van der Waals surface area (Å²) in [6.45, 7) is 0. The van der Waals surface area contributed by atoms with E-state index < -0.39 is 0 Å². The Bertz CT molecular complexity index is 749. The first-order valence-electron chi connectivity index (χ1n) is 4.82. The van der Waals surface area contributed by atoms with Gasteiger partial charge >= 0.3 is 0 Å². The van der Waals surface area contributed by atoms with Gasteiger partial charge in [-0.3, -0.25) is 9.20 Å². The van der Waals surface area contributed by atoms with Crippen LogP contribution in [-0.2, 0) is 0 Å². The largest absolute Gasteiger partial charge is 0.268 e. The second-order valence-corrected chi connectivity index (χ2v) is 3.51. The van der Waals surface area contributed by atoms with Crippen LogP contribution in [0.3, 0.4) is 0 Å². The monoisotopic (exact) mass is 214 g/mol.